The van der Waals surface area contributed by atoms with Gasteiger partial charge in [-0.15, -0.1) is 0 Å². The van der Waals surface area contributed by atoms with Crippen LogP contribution in [-0.4, -0.2) is 15.7 Å². The van der Waals surface area contributed by atoms with Gasteiger partial charge in [-0.1, -0.05) is 19.1 Å². The van der Waals surface area contributed by atoms with E-state index in [4.69, 9.17) is 5.73 Å². The molecule has 0 atom stereocenters. The van der Waals surface area contributed by atoms with Crippen LogP contribution in [-0.2, 0) is 20.0 Å². The largest absolute Gasteiger partial charge is 0.326 e. The minimum atomic E-state index is -0.140. The Balaban J connectivity index is 2.20. The van der Waals surface area contributed by atoms with E-state index in [-0.39, 0.29) is 5.91 Å². The molecule has 0 fully saturated rings. The molecule has 0 aliphatic heterocycles. The summed E-state index contributed by atoms with van der Waals surface area (Å²) in [6.45, 7) is 2.44. The molecule has 0 aliphatic rings. The quantitative estimate of drug-likeness (QED) is 0.876. The third kappa shape index (κ3) is 3.00. The number of nitrogens with one attached hydrogen (secondary N) is 1. The van der Waals surface area contributed by atoms with Crippen molar-refractivity contribution in [3.8, 4) is 0 Å². The molecule has 100 valence electrons. The first-order chi connectivity index (χ1) is 9.13. The van der Waals surface area contributed by atoms with Gasteiger partial charge in [-0.05, 0) is 24.1 Å². The summed E-state index contributed by atoms with van der Waals surface area (Å²) >= 11 is 0. The molecule has 5 heteroatoms. The lowest BCUT2D eigenvalue weighted by Gasteiger charge is -2.06. The first kappa shape index (κ1) is 13.3. The number of carbonyl (C=O) groups is 1. The summed E-state index contributed by atoms with van der Waals surface area (Å²) in [4.78, 5) is 12.2. The van der Waals surface area contributed by atoms with E-state index in [0.29, 0.717) is 12.1 Å². The first-order valence-electron chi connectivity index (χ1n) is 6.27. The second-order valence-electron chi connectivity index (χ2n) is 4.38. The molecular formula is C14H18N4O. The second-order valence-corrected chi connectivity index (χ2v) is 4.38. The van der Waals surface area contributed by atoms with Crippen LogP contribution in [0.3, 0.4) is 0 Å². The Bertz CT molecular complexity index is 589. The minimum Gasteiger partial charge on any atom is -0.326 e. The van der Waals surface area contributed by atoms with E-state index in [1.165, 1.54) is 0 Å². The standard InChI is InChI=1S/C14H18N4O/c1-3-13-12(9-18(2)17-13)14(19)16-11-6-4-5-10(7-11)8-15/h4-7,9H,3,8,15H2,1-2H3,(H,16,19). The molecule has 0 spiro atoms. The van der Waals surface area contributed by atoms with Crippen LogP contribution in [0.4, 0.5) is 5.69 Å². The predicted molar refractivity (Wildman–Crippen MR) is 74.9 cm³/mol. The van der Waals surface area contributed by atoms with Crippen molar-refractivity contribution in [1.29, 1.82) is 0 Å². The number of nitrogens with zero attached hydrogens (tertiary/aromatic N) is 2. The summed E-state index contributed by atoms with van der Waals surface area (Å²) in [5.41, 5.74) is 8.73. The Kier molecular flexibility index (Phi) is 3.97. The van der Waals surface area contributed by atoms with Gasteiger partial charge in [0.25, 0.3) is 5.91 Å². The normalized spacial score (nSPS) is 10.5. The topological polar surface area (TPSA) is 72.9 Å². The third-order valence-electron chi connectivity index (χ3n) is 2.91. The highest BCUT2D eigenvalue weighted by molar-refractivity contribution is 6.04. The number of rotatable bonds is 4. The molecule has 0 radical (unpaired) electrons. The first-order valence-corrected chi connectivity index (χ1v) is 6.27. The van der Waals surface area contributed by atoms with E-state index < -0.39 is 0 Å². The fourth-order valence-corrected chi connectivity index (χ4v) is 1.96. The summed E-state index contributed by atoms with van der Waals surface area (Å²) in [6.07, 6.45) is 2.47. The van der Waals surface area contributed by atoms with E-state index in [1.54, 1.807) is 10.9 Å². The van der Waals surface area contributed by atoms with Crippen molar-refractivity contribution in [2.45, 2.75) is 19.9 Å². The van der Waals surface area contributed by atoms with Crippen LogP contribution < -0.4 is 11.1 Å². The fraction of sp³-hybridized carbons (Fsp3) is 0.286. The van der Waals surface area contributed by atoms with Gasteiger partial charge in [0, 0.05) is 25.5 Å². The number of anilines is 1. The van der Waals surface area contributed by atoms with Crippen molar-refractivity contribution in [3.63, 3.8) is 0 Å². The molecule has 3 N–H and O–H groups in total. The number of aryl methyl sites for hydroxylation is 2. The molecule has 19 heavy (non-hydrogen) atoms. The molecule has 1 heterocycles. The van der Waals surface area contributed by atoms with Gasteiger partial charge in [0.05, 0.1) is 11.3 Å². The molecule has 1 amide bonds. The van der Waals surface area contributed by atoms with Gasteiger partial charge in [-0.2, -0.15) is 5.10 Å². The number of carbonyl (C=O) groups excluding carboxylic acids is 1. The molecule has 0 saturated carbocycles. The summed E-state index contributed by atoms with van der Waals surface area (Å²) in [5, 5.41) is 7.13. The monoisotopic (exact) mass is 258 g/mol. The lowest BCUT2D eigenvalue weighted by molar-refractivity contribution is 0.102. The average molecular weight is 258 g/mol. The average Bonchev–Trinajstić information content (AvgIpc) is 2.80. The van der Waals surface area contributed by atoms with Crippen molar-refractivity contribution in [3.05, 3.63) is 47.3 Å². The smallest absolute Gasteiger partial charge is 0.259 e. The molecule has 2 rings (SSSR count). The summed E-state index contributed by atoms with van der Waals surface area (Å²) in [7, 11) is 1.81. The van der Waals surface area contributed by atoms with Crippen LogP contribution in [0.2, 0.25) is 0 Å². The zero-order valence-electron chi connectivity index (χ0n) is 11.2. The highest BCUT2D eigenvalue weighted by atomic mass is 16.1. The van der Waals surface area contributed by atoms with Crippen molar-refractivity contribution in [2.75, 3.05) is 5.32 Å². The van der Waals surface area contributed by atoms with E-state index in [2.05, 4.69) is 10.4 Å². The highest BCUT2D eigenvalue weighted by Gasteiger charge is 2.14. The van der Waals surface area contributed by atoms with Crippen LogP contribution >= 0.6 is 0 Å². The molecule has 1 aromatic heterocycles. The highest BCUT2D eigenvalue weighted by Crippen LogP contribution is 2.14. The minimum absolute atomic E-state index is 0.140. The molecule has 0 aliphatic carbocycles. The summed E-state index contributed by atoms with van der Waals surface area (Å²) in [5.74, 6) is -0.140. The Labute approximate surface area is 112 Å². The third-order valence-corrected chi connectivity index (χ3v) is 2.91. The maximum atomic E-state index is 12.2. The molecular weight excluding hydrogens is 240 g/mol. The molecule has 0 unspecified atom stereocenters. The zero-order chi connectivity index (χ0) is 13.8. The summed E-state index contributed by atoms with van der Waals surface area (Å²) < 4.78 is 1.66. The Hall–Kier alpha value is -2.14. The van der Waals surface area contributed by atoms with Crippen molar-refractivity contribution >= 4 is 11.6 Å². The molecule has 0 saturated heterocycles. The Morgan fingerprint density at radius 2 is 2.26 bits per heavy atom. The Morgan fingerprint density at radius 3 is 2.95 bits per heavy atom. The van der Waals surface area contributed by atoms with Crippen LogP contribution in [0.1, 0.15) is 28.5 Å². The molecule has 1 aromatic carbocycles. The van der Waals surface area contributed by atoms with Gasteiger partial charge >= 0.3 is 0 Å². The van der Waals surface area contributed by atoms with Crippen LogP contribution in [0.15, 0.2) is 30.5 Å². The van der Waals surface area contributed by atoms with E-state index in [0.717, 1.165) is 23.4 Å². The van der Waals surface area contributed by atoms with Crippen LogP contribution in [0, 0.1) is 0 Å². The van der Waals surface area contributed by atoms with Crippen LogP contribution in [0.25, 0.3) is 0 Å². The lowest BCUT2D eigenvalue weighted by Crippen LogP contribution is -2.13. The number of amides is 1. The van der Waals surface area contributed by atoms with Crippen molar-refractivity contribution in [2.24, 2.45) is 12.8 Å². The molecule has 5 nitrogen and oxygen atoms in total. The van der Waals surface area contributed by atoms with E-state index in [9.17, 15) is 4.79 Å². The fourth-order valence-electron chi connectivity index (χ4n) is 1.96. The van der Waals surface area contributed by atoms with Gasteiger partial charge in [0.15, 0.2) is 0 Å². The maximum Gasteiger partial charge on any atom is 0.259 e. The van der Waals surface area contributed by atoms with Crippen LogP contribution in [0.5, 0.6) is 0 Å². The number of hydrogen-bond donors (Lipinski definition) is 2. The van der Waals surface area contributed by atoms with Gasteiger partial charge in [0.1, 0.15) is 0 Å². The van der Waals surface area contributed by atoms with Gasteiger partial charge in [0.2, 0.25) is 0 Å². The van der Waals surface area contributed by atoms with Gasteiger partial charge in [-0.3, -0.25) is 9.48 Å². The number of aromatic nitrogens is 2. The second kappa shape index (κ2) is 5.67. The van der Waals surface area contributed by atoms with Crippen molar-refractivity contribution < 1.29 is 4.79 Å². The SMILES string of the molecule is CCc1nn(C)cc1C(=O)Nc1cccc(CN)c1. The predicted octanol–water partition coefficient (Wildman–Crippen LogP) is 1.69. The molecule has 2 aromatic rings. The summed E-state index contributed by atoms with van der Waals surface area (Å²) in [6, 6.07) is 7.53. The number of benzene rings is 1. The van der Waals surface area contributed by atoms with E-state index in [1.807, 2.05) is 38.2 Å². The van der Waals surface area contributed by atoms with Gasteiger partial charge < -0.3 is 11.1 Å². The number of nitrogens with two attached hydrogens (primary N) is 1. The van der Waals surface area contributed by atoms with E-state index >= 15 is 0 Å². The van der Waals surface area contributed by atoms with Crippen molar-refractivity contribution in [1.82, 2.24) is 9.78 Å². The zero-order valence-corrected chi connectivity index (χ0v) is 11.2. The maximum absolute atomic E-state index is 12.2. The molecule has 0 bridgehead atoms. The van der Waals surface area contributed by atoms with Gasteiger partial charge in [-0.25, -0.2) is 0 Å². The number of hydrogen-bond acceptors (Lipinski definition) is 3. The Morgan fingerprint density at radius 1 is 1.47 bits per heavy atom. The lowest BCUT2D eigenvalue weighted by atomic mass is 10.1.